The van der Waals surface area contributed by atoms with E-state index in [-0.39, 0.29) is 30.1 Å². The molecule has 0 aliphatic carbocycles. The van der Waals surface area contributed by atoms with Crippen molar-refractivity contribution in [1.29, 1.82) is 0 Å². The van der Waals surface area contributed by atoms with Gasteiger partial charge in [0.05, 0.1) is 36.7 Å². The number of hydrogen-bond donors (Lipinski definition) is 2. The van der Waals surface area contributed by atoms with Gasteiger partial charge < -0.3 is 24.8 Å². The number of aliphatic hydroxyl groups is 1. The fraction of sp³-hybridized carbons (Fsp3) is 0.714. The van der Waals surface area contributed by atoms with E-state index in [0.717, 1.165) is 37.8 Å². The lowest BCUT2D eigenvalue weighted by atomic mass is 9.94. The van der Waals surface area contributed by atoms with Crippen LogP contribution in [0.25, 0.3) is 0 Å². The first-order chi connectivity index (χ1) is 16.7. The van der Waals surface area contributed by atoms with E-state index in [1.54, 1.807) is 21.1 Å². The molecule has 1 aromatic carbocycles. The first kappa shape index (κ1) is 29.3. The van der Waals surface area contributed by atoms with Crippen LogP contribution in [0.1, 0.15) is 77.9 Å². The van der Waals surface area contributed by atoms with Gasteiger partial charge in [-0.3, -0.25) is 9.59 Å². The summed E-state index contributed by atoms with van der Waals surface area (Å²) in [6.07, 6.45) is 3.62. The average Bonchev–Trinajstić information content (AvgIpc) is 3.34. The average molecular weight is 491 g/mol. The van der Waals surface area contributed by atoms with Gasteiger partial charge in [0.1, 0.15) is 0 Å². The molecule has 0 unspecified atom stereocenters. The zero-order valence-electron chi connectivity index (χ0n) is 22.4. The van der Waals surface area contributed by atoms with Crippen molar-refractivity contribution < 1.29 is 24.2 Å². The molecule has 0 spiro atoms. The molecule has 1 aliphatic rings. The van der Waals surface area contributed by atoms with Crippen molar-refractivity contribution >= 4 is 11.8 Å². The minimum atomic E-state index is -0.791. The molecule has 0 bridgehead atoms. The Labute approximate surface area is 211 Å². The quantitative estimate of drug-likeness (QED) is 0.410. The fourth-order valence-corrected chi connectivity index (χ4v) is 4.91. The Hall–Kier alpha value is -1.96. The lowest BCUT2D eigenvalue weighted by molar-refractivity contribution is -0.136. The monoisotopic (exact) mass is 490 g/mol. The Kier molecular flexibility index (Phi) is 12.2. The van der Waals surface area contributed by atoms with Gasteiger partial charge in [0, 0.05) is 26.8 Å². The van der Waals surface area contributed by atoms with Crippen molar-refractivity contribution in [2.45, 2.75) is 96.6 Å². The van der Waals surface area contributed by atoms with E-state index < -0.39 is 18.1 Å². The van der Waals surface area contributed by atoms with Crippen LogP contribution in [0.4, 0.5) is 0 Å². The molecule has 1 heterocycles. The van der Waals surface area contributed by atoms with Crippen molar-refractivity contribution in [2.75, 3.05) is 20.8 Å². The Bertz CT molecular complexity index is 774. The molecule has 1 fully saturated rings. The van der Waals surface area contributed by atoms with Crippen molar-refractivity contribution in [3.63, 3.8) is 0 Å². The number of methoxy groups -OCH3 is 2. The predicted molar refractivity (Wildman–Crippen MR) is 138 cm³/mol. The second-order valence-corrected chi connectivity index (χ2v) is 10.1. The number of nitrogens with one attached hydrogen (secondary N) is 1. The number of nitrogens with zero attached hydrogens (tertiary/aromatic N) is 1. The van der Waals surface area contributed by atoms with Crippen LogP contribution in [-0.2, 0) is 19.1 Å². The van der Waals surface area contributed by atoms with Crippen LogP contribution in [0, 0.1) is 11.8 Å². The third-order valence-corrected chi connectivity index (χ3v) is 7.56. The summed E-state index contributed by atoms with van der Waals surface area (Å²) in [5.74, 6) is 0.0553. The molecule has 2 amide bonds. The number of ether oxygens (including phenoxy) is 2. The highest BCUT2D eigenvalue weighted by Crippen LogP contribution is 2.27. The van der Waals surface area contributed by atoms with E-state index in [9.17, 15) is 14.7 Å². The molecule has 0 radical (unpaired) electrons. The molecule has 2 N–H and O–H groups in total. The molecular formula is C28H46N2O5. The van der Waals surface area contributed by atoms with Crippen LogP contribution in [0.5, 0.6) is 0 Å². The van der Waals surface area contributed by atoms with E-state index in [1.165, 1.54) is 0 Å². The lowest BCUT2D eigenvalue weighted by Crippen LogP contribution is -2.46. The highest BCUT2D eigenvalue weighted by molar-refractivity contribution is 5.79. The standard InChI is InChI=1S/C28H46N2O5/c1-7-19(2)16-24(34-5)18-26(31)30-15-11-14-23(30)17-25(35-6)20(3)28(33)29-21(4)27(32)22-12-9-8-10-13-22/h8-10,12-13,19-21,23-25,27,32H,7,11,14-18H2,1-6H3,(H,29,33)/t19-,20+,21+,23-,24-,25-,27+/m0/s1. The van der Waals surface area contributed by atoms with Gasteiger partial charge in [0.25, 0.3) is 0 Å². The second kappa shape index (κ2) is 14.6. The van der Waals surface area contributed by atoms with Gasteiger partial charge >= 0.3 is 0 Å². The molecule has 198 valence electrons. The number of rotatable bonds is 14. The molecule has 0 saturated carbocycles. The minimum absolute atomic E-state index is 0.0520. The smallest absolute Gasteiger partial charge is 0.225 e. The van der Waals surface area contributed by atoms with Crippen LogP contribution >= 0.6 is 0 Å². The zero-order chi connectivity index (χ0) is 26.0. The molecule has 0 aromatic heterocycles. The Morgan fingerprint density at radius 1 is 1.14 bits per heavy atom. The molecule has 1 aliphatic heterocycles. The number of carbonyl (C=O) groups is 2. The Balaban J connectivity index is 1.95. The summed E-state index contributed by atoms with van der Waals surface area (Å²) >= 11 is 0. The number of hydrogen-bond acceptors (Lipinski definition) is 5. The van der Waals surface area contributed by atoms with E-state index in [4.69, 9.17) is 9.47 Å². The summed E-state index contributed by atoms with van der Waals surface area (Å²) in [4.78, 5) is 28.1. The van der Waals surface area contributed by atoms with E-state index >= 15 is 0 Å². The fourth-order valence-electron chi connectivity index (χ4n) is 4.91. The third-order valence-electron chi connectivity index (χ3n) is 7.56. The molecule has 7 heteroatoms. The van der Waals surface area contributed by atoms with Crippen LogP contribution < -0.4 is 5.32 Å². The number of likely N-dealkylation sites (tertiary alicyclic amines) is 1. The van der Waals surface area contributed by atoms with Gasteiger partial charge in [0.15, 0.2) is 0 Å². The summed E-state index contributed by atoms with van der Waals surface area (Å²) in [5, 5.41) is 13.5. The van der Waals surface area contributed by atoms with E-state index in [2.05, 4.69) is 19.2 Å². The summed E-state index contributed by atoms with van der Waals surface area (Å²) in [7, 11) is 3.30. The maximum absolute atomic E-state index is 13.1. The molecule has 7 nitrogen and oxygen atoms in total. The summed E-state index contributed by atoms with van der Waals surface area (Å²) in [6.45, 7) is 8.72. The molecule has 2 rings (SSSR count). The van der Waals surface area contributed by atoms with Gasteiger partial charge in [-0.25, -0.2) is 0 Å². The molecule has 7 atom stereocenters. The summed E-state index contributed by atoms with van der Waals surface area (Å²) in [5.41, 5.74) is 0.763. The zero-order valence-corrected chi connectivity index (χ0v) is 22.4. The van der Waals surface area contributed by atoms with Gasteiger partial charge in [-0.05, 0) is 44.1 Å². The molecular weight excluding hydrogens is 444 g/mol. The van der Waals surface area contributed by atoms with Crippen LogP contribution in [0.15, 0.2) is 30.3 Å². The van der Waals surface area contributed by atoms with Crippen molar-refractivity contribution in [3.05, 3.63) is 35.9 Å². The first-order valence-corrected chi connectivity index (χ1v) is 13.1. The summed E-state index contributed by atoms with van der Waals surface area (Å²) < 4.78 is 11.3. The SMILES string of the molecule is CC[C@H](C)C[C@@H](CC(=O)N1CCC[C@H]1C[C@H](OC)[C@@H](C)C(=O)N[C@H](C)[C@@H](O)c1ccccc1)OC. The second-order valence-electron chi connectivity index (χ2n) is 10.1. The third kappa shape index (κ3) is 8.58. The maximum Gasteiger partial charge on any atom is 0.225 e. The Morgan fingerprint density at radius 2 is 1.83 bits per heavy atom. The van der Waals surface area contributed by atoms with E-state index in [1.807, 2.05) is 42.2 Å². The first-order valence-electron chi connectivity index (χ1n) is 13.1. The van der Waals surface area contributed by atoms with Crippen molar-refractivity contribution in [2.24, 2.45) is 11.8 Å². The molecule has 1 aromatic rings. The van der Waals surface area contributed by atoms with Crippen LogP contribution in [0.2, 0.25) is 0 Å². The lowest BCUT2D eigenvalue weighted by Gasteiger charge is -2.32. The normalized spacial score (nSPS) is 21.1. The Morgan fingerprint density at radius 3 is 2.43 bits per heavy atom. The molecule has 35 heavy (non-hydrogen) atoms. The highest BCUT2D eigenvalue weighted by Gasteiger charge is 2.35. The number of carbonyl (C=O) groups excluding carboxylic acids is 2. The van der Waals surface area contributed by atoms with Gasteiger partial charge in [-0.1, -0.05) is 57.5 Å². The van der Waals surface area contributed by atoms with Crippen LogP contribution in [-0.4, -0.2) is 66.9 Å². The van der Waals surface area contributed by atoms with Gasteiger partial charge in [0.2, 0.25) is 11.8 Å². The van der Waals surface area contributed by atoms with Crippen molar-refractivity contribution in [1.82, 2.24) is 10.2 Å². The largest absolute Gasteiger partial charge is 0.386 e. The number of benzene rings is 1. The molecule has 1 saturated heterocycles. The topological polar surface area (TPSA) is 88.1 Å². The summed E-state index contributed by atoms with van der Waals surface area (Å²) in [6, 6.07) is 8.93. The maximum atomic E-state index is 13.1. The highest BCUT2D eigenvalue weighted by atomic mass is 16.5. The predicted octanol–water partition coefficient (Wildman–Crippen LogP) is 4.10. The number of amides is 2. The number of aliphatic hydroxyl groups excluding tert-OH is 1. The minimum Gasteiger partial charge on any atom is -0.386 e. The van der Waals surface area contributed by atoms with E-state index in [0.29, 0.717) is 18.8 Å². The van der Waals surface area contributed by atoms with Gasteiger partial charge in [-0.2, -0.15) is 0 Å². The van der Waals surface area contributed by atoms with Gasteiger partial charge in [-0.15, -0.1) is 0 Å². The van der Waals surface area contributed by atoms with Crippen LogP contribution in [0.3, 0.4) is 0 Å². The van der Waals surface area contributed by atoms with Crippen molar-refractivity contribution in [3.8, 4) is 0 Å².